The van der Waals surface area contributed by atoms with Crippen molar-refractivity contribution in [3.63, 3.8) is 0 Å². The highest BCUT2D eigenvalue weighted by Gasteiger charge is 2.06. The molecule has 0 aliphatic heterocycles. The zero-order valence-electron chi connectivity index (χ0n) is 14.6. The van der Waals surface area contributed by atoms with Crippen LogP contribution < -0.4 is 15.4 Å². The standard InChI is InChI=1S/C19H19N5O2/c1-13(25)14-7-5-8-16(10-14)22-19-23-18(12-21-24-19)20-11-15-6-3-4-9-17(15)26-2/h3-10,12H,11H2,1-2H3,(H2,20,22,23,24). The number of hydrogen-bond acceptors (Lipinski definition) is 7. The number of hydrogen-bond donors (Lipinski definition) is 2. The Morgan fingerprint density at radius 3 is 2.81 bits per heavy atom. The first-order valence-electron chi connectivity index (χ1n) is 8.09. The van der Waals surface area contributed by atoms with Crippen molar-refractivity contribution in [3.8, 4) is 5.75 Å². The molecule has 0 atom stereocenters. The molecule has 0 saturated heterocycles. The predicted octanol–water partition coefficient (Wildman–Crippen LogP) is 3.44. The van der Waals surface area contributed by atoms with Crippen molar-refractivity contribution in [1.82, 2.24) is 15.2 Å². The van der Waals surface area contributed by atoms with Crippen molar-refractivity contribution < 1.29 is 9.53 Å². The third kappa shape index (κ3) is 4.32. The highest BCUT2D eigenvalue weighted by atomic mass is 16.5. The molecule has 132 valence electrons. The number of nitrogens with one attached hydrogen (secondary N) is 2. The van der Waals surface area contributed by atoms with Crippen molar-refractivity contribution in [2.45, 2.75) is 13.5 Å². The van der Waals surface area contributed by atoms with Gasteiger partial charge in [-0.2, -0.15) is 10.1 Å². The molecule has 2 aromatic carbocycles. The molecule has 26 heavy (non-hydrogen) atoms. The number of methoxy groups -OCH3 is 1. The SMILES string of the molecule is COc1ccccc1CNc1cnnc(Nc2cccc(C(C)=O)c2)n1. The number of carbonyl (C=O) groups excluding carboxylic acids is 1. The van der Waals surface area contributed by atoms with Gasteiger partial charge < -0.3 is 15.4 Å². The summed E-state index contributed by atoms with van der Waals surface area (Å²) in [4.78, 5) is 15.9. The van der Waals surface area contributed by atoms with Crippen molar-refractivity contribution in [1.29, 1.82) is 0 Å². The van der Waals surface area contributed by atoms with Crippen molar-refractivity contribution in [2.24, 2.45) is 0 Å². The van der Waals surface area contributed by atoms with Crippen LogP contribution in [0.15, 0.2) is 54.7 Å². The van der Waals surface area contributed by atoms with E-state index in [9.17, 15) is 4.79 Å². The number of ketones is 1. The van der Waals surface area contributed by atoms with E-state index in [1.807, 2.05) is 30.3 Å². The van der Waals surface area contributed by atoms with Crippen molar-refractivity contribution in [2.75, 3.05) is 17.7 Å². The van der Waals surface area contributed by atoms with Crippen LogP contribution in [-0.2, 0) is 6.54 Å². The summed E-state index contributed by atoms with van der Waals surface area (Å²) in [6.45, 7) is 2.07. The number of rotatable bonds is 7. The smallest absolute Gasteiger partial charge is 0.249 e. The van der Waals surface area contributed by atoms with E-state index in [2.05, 4.69) is 25.8 Å². The minimum absolute atomic E-state index is 0.0000749. The summed E-state index contributed by atoms with van der Waals surface area (Å²) >= 11 is 0. The second-order valence-electron chi connectivity index (χ2n) is 5.59. The van der Waals surface area contributed by atoms with Crippen LogP contribution in [0.2, 0.25) is 0 Å². The highest BCUT2D eigenvalue weighted by Crippen LogP contribution is 2.19. The molecular formula is C19H19N5O2. The van der Waals surface area contributed by atoms with Crippen LogP contribution in [0, 0.1) is 0 Å². The topological polar surface area (TPSA) is 89.0 Å². The van der Waals surface area contributed by atoms with Gasteiger partial charge in [0.05, 0.1) is 13.3 Å². The third-order valence-electron chi connectivity index (χ3n) is 3.74. The quantitative estimate of drug-likeness (QED) is 0.632. The van der Waals surface area contributed by atoms with E-state index >= 15 is 0 Å². The average Bonchev–Trinajstić information content (AvgIpc) is 2.67. The number of ether oxygens (including phenoxy) is 1. The van der Waals surface area contributed by atoms with Gasteiger partial charge in [-0.1, -0.05) is 30.3 Å². The zero-order chi connectivity index (χ0) is 18.4. The summed E-state index contributed by atoms with van der Waals surface area (Å²) in [6, 6.07) is 14.9. The number of para-hydroxylation sites is 1. The summed E-state index contributed by atoms with van der Waals surface area (Å²) in [7, 11) is 1.64. The first kappa shape index (κ1) is 17.3. The molecule has 2 N–H and O–H groups in total. The fourth-order valence-electron chi connectivity index (χ4n) is 2.42. The molecule has 0 aliphatic rings. The summed E-state index contributed by atoms with van der Waals surface area (Å²) in [6.07, 6.45) is 1.55. The molecule has 0 amide bonds. The van der Waals surface area contributed by atoms with Gasteiger partial charge >= 0.3 is 0 Å². The lowest BCUT2D eigenvalue weighted by Crippen LogP contribution is -2.06. The Bertz CT molecular complexity index is 914. The maximum atomic E-state index is 11.5. The van der Waals surface area contributed by atoms with Gasteiger partial charge in [-0.05, 0) is 25.1 Å². The fourth-order valence-corrected chi connectivity index (χ4v) is 2.42. The molecule has 0 fully saturated rings. The van der Waals surface area contributed by atoms with Crippen molar-refractivity contribution >= 4 is 23.2 Å². The molecule has 0 spiro atoms. The predicted molar refractivity (Wildman–Crippen MR) is 99.9 cm³/mol. The number of aromatic nitrogens is 3. The average molecular weight is 349 g/mol. The Kier molecular flexibility index (Phi) is 5.38. The maximum absolute atomic E-state index is 11.5. The van der Waals surface area contributed by atoms with Crippen LogP contribution in [0.1, 0.15) is 22.8 Å². The second kappa shape index (κ2) is 8.06. The Labute approximate surface area is 151 Å². The number of Topliss-reactive ketones (excluding diaryl/α,β-unsaturated/α-hetero) is 1. The normalized spacial score (nSPS) is 10.2. The second-order valence-corrected chi connectivity index (χ2v) is 5.59. The van der Waals surface area contributed by atoms with E-state index < -0.39 is 0 Å². The van der Waals surface area contributed by atoms with Crippen LogP contribution in [0.25, 0.3) is 0 Å². The molecule has 0 saturated carbocycles. The summed E-state index contributed by atoms with van der Waals surface area (Å²) in [5.41, 5.74) is 2.35. The lowest BCUT2D eigenvalue weighted by Gasteiger charge is -2.10. The molecule has 3 aromatic rings. The summed E-state index contributed by atoms with van der Waals surface area (Å²) in [5, 5.41) is 14.2. The first-order valence-corrected chi connectivity index (χ1v) is 8.09. The Hall–Kier alpha value is -3.48. The highest BCUT2D eigenvalue weighted by molar-refractivity contribution is 5.95. The van der Waals surface area contributed by atoms with Gasteiger partial charge in [-0.3, -0.25) is 4.79 Å². The minimum Gasteiger partial charge on any atom is -0.496 e. The lowest BCUT2D eigenvalue weighted by atomic mass is 10.1. The molecular weight excluding hydrogens is 330 g/mol. The molecule has 7 heteroatoms. The van der Waals surface area contributed by atoms with Gasteiger partial charge in [0.2, 0.25) is 5.95 Å². The number of anilines is 3. The summed E-state index contributed by atoms with van der Waals surface area (Å²) in [5.74, 6) is 1.73. The van der Waals surface area contributed by atoms with Crippen LogP contribution in [0.5, 0.6) is 5.75 Å². The molecule has 0 radical (unpaired) electrons. The van der Waals surface area contributed by atoms with Gasteiger partial charge in [-0.25, -0.2) is 0 Å². The molecule has 0 unspecified atom stereocenters. The van der Waals surface area contributed by atoms with E-state index in [0.717, 1.165) is 17.0 Å². The molecule has 1 heterocycles. The Morgan fingerprint density at radius 1 is 1.15 bits per heavy atom. The maximum Gasteiger partial charge on any atom is 0.249 e. The van der Waals surface area contributed by atoms with Gasteiger partial charge in [0.1, 0.15) is 5.75 Å². The van der Waals surface area contributed by atoms with E-state index in [1.165, 1.54) is 6.92 Å². The summed E-state index contributed by atoms with van der Waals surface area (Å²) < 4.78 is 5.34. The van der Waals surface area contributed by atoms with Gasteiger partial charge in [-0.15, -0.1) is 5.10 Å². The molecule has 0 aliphatic carbocycles. The van der Waals surface area contributed by atoms with Crippen LogP contribution in [0.3, 0.4) is 0 Å². The fraction of sp³-hybridized carbons (Fsp3) is 0.158. The van der Waals surface area contributed by atoms with E-state index in [-0.39, 0.29) is 5.78 Å². The first-order chi connectivity index (χ1) is 12.7. The van der Waals surface area contributed by atoms with Crippen LogP contribution in [0.4, 0.5) is 17.5 Å². The van der Waals surface area contributed by atoms with E-state index in [1.54, 1.807) is 31.5 Å². The third-order valence-corrected chi connectivity index (χ3v) is 3.74. The van der Waals surface area contributed by atoms with Crippen LogP contribution >= 0.6 is 0 Å². The zero-order valence-corrected chi connectivity index (χ0v) is 14.6. The minimum atomic E-state index is -0.0000749. The van der Waals surface area contributed by atoms with Gasteiger partial charge in [0.15, 0.2) is 11.6 Å². The number of benzene rings is 2. The molecule has 3 rings (SSSR count). The molecule has 1 aromatic heterocycles. The monoisotopic (exact) mass is 349 g/mol. The van der Waals surface area contributed by atoms with Crippen molar-refractivity contribution in [3.05, 3.63) is 65.9 Å². The van der Waals surface area contributed by atoms with Gasteiger partial charge in [0, 0.05) is 23.4 Å². The Balaban J connectivity index is 1.70. The molecule has 0 bridgehead atoms. The number of carbonyl (C=O) groups is 1. The van der Waals surface area contributed by atoms with Crippen LogP contribution in [-0.4, -0.2) is 28.1 Å². The molecule has 7 nitrogen and oxygen atoms in total. The lowest BCUT2D eigenvalue weighted by molar-refractivity contribution is 0.101. The largest absolute Gasteiger partial charge is 0.496 e. The van der Waals surface area contributed by atoms with E-state index in [0.29, 0.717) is 23.9 Å². The Morgan fingerprint density at radius 2 is 2.00 bits per heavy atom. The van der Waals surface area contributed by atoms with Gasteiger partial charge in [0.25, 0.3) is 0 Å². The number of nitrogens with zero attached hydrogens (tertiary/aromatic N) is 3. The van der Waals surface area contributed by atoms with E-state index in [4.69, 9.17) is 4.74 Å².